The molecule has 4 atom stereocenters. The van der Waals surface area contributed by atoms with E-state index in [0.29, 0.717) is 12.2 Å². The maximum atomic E-state index is 13.2. The van der Waals surface area contributed by atoms with Gasteiger partial charge in [0, 0.05) is 12.6 Å². The van der Waals surface area contributed by atoms with E-state index in [0.717, 1.165) is 5.56 Å². The van der Waals surface area contributed by atoms with Gasteiger partial charge in [0.05, 0.1) is 23.6 Å². The second-order valence-electron chi connectivity index (χ2n) is 7.39. The van der Waals surface area contributed by atoms with Gasteiger partial charge < -0.3 is 0 Å². The van der Waals surface area contributed by atoms with Gasteiger partial charge in [-0.1, -0.05) is 36.4 Å². The molecule has 28 heavy (non-hydrogen) atoms. The molecule has 0 N–H and O–H groups in total. The maximum absolute atomic E-state index is 13.2. The summed E-state index contributed by atoms with van der Waals surface area (Å²) in [6.07, 6.45) is 3.22. The summed E-state index contributed by atoms with van der Waals surface area (Å²) in [5.41, 5.74) is 1.37. The molecule has 0 aromatic heterocycles. The minimum Gasteiger partial charge on any atom is -0.293 e. The van der Waals surface area contributed by atoms with Crippen LogP contribution in [-0.4, -0.2) is 34.6 Å². The minimum atomic E-state index is -0.694. The maximum Gasteiger partial charge on any atom is 0.239 e. The number of para-hydroxylation sites is 1. The van der Waals surface area contributed by atoms with Gasteiger partial charge in [0.25, 0.3) is 0 Å². The summed E-state index contributed by atoms with van der Waals surface area (Å²) >= 11 is 0. The largest absolute Gasteiger partial charge is 0.293 e. The topological polar surface area (TPSA) is 57.7 Å². The molecule has 2 amide bonds. The molecule has 2 bridgehead atoms. The van der Waals surface area contributed by atoms with Crippen molar-refractivity contribution < 1.29 is 18.8 Å². The lowest BCUT2D eigenvalue weighted by atomic mass is 9.90. The number of hydrogen-bond acceptors (Lipinski definition) is 4. The number of carbonyl (C=O) groups excluding carboxylic acids is 3. The highest BCUT2D eigenvalue weighted by Crippen LogP contribution is 2.47. The van der Waals surface area contributed by atoms with Crippen LogP contribution in [0.2, 0.25) is 0 Å². The highest BCUT2D eigenvalue weighted by atomic mass is 19.1. The summed E-state index contributed by atoms with van der Waals surface area (Å²) in [6, 6.07) is 13.9. The van der Waals surface area contributed by atoms with Crippen molar-refractivity contribution in [1.29, 1.82) is 0 Å². The van der Waals surface area contributed by atoms with E-state index in [4.69, 9.17) is 0 Å². The summed E-state index contributed by atoms with van der Waals surface area (Å²) in [6.45, 7) is 0.380. The first-order valence-corrected chi connectivity index (χ1v) is 9.21. The Morgan fingerprint density at radius 2 is 1.54 bits per heavy atom. The van der Waals surface area contributed by atoms with E-state index in [1.807, 2.05) is 11.0 Å². The molecule has 6 heteroatoms. The molecular formula is C22H17FN2O3. The highest BCUT2D eigenvalue weighted by molar-refractivity contribution is 6.24. The van der Waals surface area contributed by atoms with Crippen LogP contribution in [0.5, 0.6) is 0 Å². The first-order valence-electron chi connectivity index (χ1n) is 9.21. The molecule has 3 aliphatic heterocycles. The first kappa shape index (κ1) is 17.0. The van der Waals surface area contributed by atoms with Crippen molar-refractivity contribution in [1.82, 2.24) is 4.90 Å². The quantitative estimate of drug-likeness (QED) is 0.772. The van der Waals surface area contributed by atoms with E-state index >= 15 is 0 Å². The van der Waals surface area contributed by atoms with Crippen LogP contribution in [0.3, 0.4) is 0 Å². The zero-order chi connectivity index (χ0) is 19.4. The van der Waals surface area contributed by atoms with Gasteiger partial charge >= 0.3 is 0 Å². The third-order valence-electron chi connectivity index (χ3n) is 5.89. The Balaban J connectivity index is 1.51. The average Bonchev–Trinajstić information content (AvgIpc) is 3.08. The Bertz CT molecular complexity index is 1000. The third-order valence-corrected chi connectivity index (χ3v) is 5.89. The van der Waals surface area contributed by atoms with Crippen LogP contribution in [0.25, 0.3) is 0 Å². The number of benzene rings is 2. The normalized spacial score (nSPS) is 28.9. The predicted octanol–water partition coefficient (Wildman–Crippen LogP) is 2.32. The highest BCUT2D eigenvalue weighted by Gasteiger charge is 2.64. The zero-order valence-electron chi connectivity index (χ0n) is 14.9. The Kier molecular flexibility index (Phi) is 3.77. The third kappa shape index (κ3) is 2.38. The standard InChI is InChI=1S/C22H17FN2O3/c23-14-8-6-13(7-9-14)12-24-16-10-11-17(26)20(24)19-18(16)21(27)25(22(19)28)15-4-2-1-3-5-15/h1-11,16,18-20H,12H2. The monoisotopic (exact) mass is 376 g/mol. The summed E-state index contributed by atoms with van der Waals surface area (Å²) in [5.74, 6) is -2.36. The minimum absolute atomic E-state index is 0.165. The lowest BCUT2D eigenvalue weighted by molar-refractivity contribution is -0.129. The van der Waals surface area contributed by atoms with Crippen molar-refractivity contribution in [2.45, 2.75) is 18.6 Å². The summed E-state index contributed by atoms with van der Waals surface area (Å²) in [7, 11) is 0. The molecule has 2 saturated heterocycles. The van der Waals surface area contributed by atoms with Crippen LogP contribution < -0.4 is 4.90 Å². The van der Waals surface area contributed by atoms with Gasteiger partial charge in [0.1, 0.15) is 5.82 Å². The predicted molar refractivity (Wildman–Crippen MR) is 99.6 cm³/mol. The smallest absolute Gasteiger partial charge is 0.239 e. The van der Waals surface area contributed by atoms with E-state index in [1.165, 1.54) is 23.1 Å². The fraction of sp³-hybridized carbons (Fsp3) is 0.227. The SMILES string of the molecule is O=C1C=CC2C3C(=O)N(c4ccccc4)C(=O)C3C1N2Cc1ccc(F)cc1. The summed E-state index contributed by atoms with van der Waals surface area (Å²) in [4.78, 5) is 42.2. The second-order valence-corrected chi connectivity index (χ2v) is 7.39. The van der Waals surface area contributed by atoms with Crippen LogP contribution in [0.1, 0.15) is 5.56 Å². The molecule has 2 aromatic carbocycles. The Morgan fingerprint density at radius 3 is 2.25 bits per heavy atom. The molecule has 140 valence electrons. The molecule has 5 nitrogen and oxygen atoms in total. The first-order chi connectivity index (χ1) is 13.6. The molecule has 4 unspecified atom stereocenters. The van der Waals surface area contributed by atoms with Crippen molar-refractivity contribution in [3.05, 3.63) is 78.1 Å². The Morgan fingerprint density at radius 1 is 0.857 bits per heavy atom. The summed E-state index contributed by atoms with van der Waals surface area (Å²) in [5, 5.41) is 0. The lowest BCUT2D eigenvalue weighted by Gasteiger charge is -2.33. The molecule has 0 spiro atoms. The van der Waals surface area contributed by atoms with Gasteiger partial charge in [-0.05, 0) is 35.9 Å². The van der Waals surface area contributed by atoms with Gasteiger partial charge in [0.2, 0.25) is 11.8 Å². The number of nitrogens with zero attached hydrogens (tertiary/aromatic N) is 2. The van der Waals surface area contributed by atoms with Crippen LogP contribution >= 0.6 is 0 Å². The van der Waals surface area contributed by atoms with Gasteiger partial charge in [-0.2, -0.15) is 0 Å². The number of imide groups is 1. The van der Waals surface area contributed by atoms with Gasteiger partial charge in [0.15, 0.2) is 5.78 Å². The molecule has 2 aromatic rings. The van der Waals surface area contributed by atoms with Crippen LogP contribution in [0, 0.1) is 17.7 Å². The van der Waals surface area contributed by atoms with E-state index in [2.05, 4.69) is 0 Å². The molecule has 0 radical (unpaired) electrons. The van der Waals surface area contributed by atoms with Crippen molar-refractivity contribution >= 4 is 23.3 Å². The van der Waals surface area contributed by atoms with Crippen LogP contribution in [0.4, 0.5) is 10.1 Å². The fourth-order valence-electron chi connectivity index (χ4n) is 4.70. The zero-order valence-corrected chi connectivity index (χ0v) is 14.9. The Labute approximate surface area is 161 Å². The van der Waals surface area contributed by atoms with Crippen LogP contribution in [-0.2, 0) is 20.9 Å². The molecule has 5 rings (SSSR count). The van der Waals surface area contributed by atoms with Gasteiger partial charge in [-0.25, -0.2) is 9.29 Å². The molecule has 2 fully saturated rings. The molecular weight excluding hydrogens is 359 g/mol. The van der Waals surface area contributed by atoms with E-state index in [1.54, 1.807) is 42.5 Å². The second kappa shape index (κ2) is 6.21. The van der Waals surface area contributed by atoms with Crippen molar-refractivity contribution in [3.8, 4) is 0 Å². The number of ketones is 1. The molecule has 0 aliphatic carbocycles. The number of amides is 2. The number of carbonyl (C=O) groups is 3. The Hall–Kier alpha value is -3.12. The van der Waals surface area contributed by atoms with Crippen LogP contribution in [0.15, 0.2) is 66.7 Å². The van der Waals surface area contributed by atoms with Gasteiger partial charge in [-0.15, -0.1) is 0 Å². The van der Waals surface area contributed by atoms with Gasteiger partial charge in [-0.3, -0.25) is 19.3 Å². The van der Waals surface area contributed by atoms with Crippen molar-refractivity contribution in [2.75, 3.05) is 4.90 Å². The number of hydrogen-bond donors (Lipinski definition) is 0. The molecule has 3 heterocycles. The number of anilines is 1. The molecule has 0 saturated carbocycles. The van der Waals surface area contributed by atoms with E-state index in [9.17, 15) is 18.8 Å². The summed E-state index contributed by atoms with van der Waals surface area (Å²) < 4.78 is 13.2. The number of halogens is 1. The average molecular weight is 376 g/mol. The van der Waals surface area contributed by atoms with Crippen molar-refractivity contribution in [2.24, 2.45) is 11.8 Å². The van der Waals surface area contributed by atoms with E-state index < -0.39 is 17.9 Å². The molecule has 3 aliphatic rings. The fourth-order valence-corrected chi connectivity index (χ4v) is 4.70. The number of fused-ring (bicyclic) bond motifs is 5. The number of rotatable bonds is 3. The van der Waals surface area contributed by atoms with Crippen molar-refractivity contribution in [3.63, 3.8) is 0 Å². The lowest BCUT2D eigenvalue weighted by Crippen LogP contribution is -2.48. The van der Waals surface area contributed by atoms with E-state index in [-0.39, 0.29) is 29.5 Å².